The molecule has 0 atom stereocenters. The third-order valence-corrected chi connectivity index (χ3v) is 3.04. The van der Waals surface area contributed by atoms with Crippen molar-refractivity contribution in [3.05, 3.63) is 35.4 Å². The lowest BCUT2D eigenvalue weighted by molar-refractivity contribution is 0.0453. The van der Waals surface area contributed by atoms with Crippen molar-refractivity contribution in [1.82, 2.24) is 9.80 Å². The molecule has 1 aromatic rings. The van der Waals surface area contributed by atoms with E-state index < -0.39 is 0 Å². The first kappa shape index (κ1) is 18.5. The number of ether oxygens (including phenoxy) is 2. The SMILES string of the molecule is CCOCCOCc1cccc(CN=C(N(C)C)N(C)C)c1. The van der Waals surface area contributed by atoms with Crippen molar-refractivity contribution in [3.63, 3.8) is 0 Å². The van der Waals surface area contributed by atoms with E-state index in [1.54, 1.807) is 0 Å². The second-order valence-electron chi connectivity index (χ2n) is 5.47. The molecule has 0 amide bonds. The zero-order valence-electron chi connectivity index (χ0n) is 14.5. The van der Waals surface area contributed by atoms with Crippen LogP contribution in [0.5, 0.6) is 0 Å². The molecule has 0 spiro atoms. The van der Waals surface area contributed by atoms with Gasteiger partial charge in [-0.1, -0.05) is 24.3 Å². The molecule has 0 heterocycles. The van der Waals surface area contributed by atoms with E-state index in [0.29, 0.717) is 26.4 Å². The third-order valence-electron chi connectivity index (χ3n) is 3.04. The molecule has 0 saturated heterocycles. The molecule has 0 fully saturated rings. The normalized spacial score (nSPS) is 10.4. The van der Waals surface area contributed by atoms with Gasteiger partial charge < -0.3 is 19.3 Å². The fourth-order valence-electron chi connectivity index (χ4n) is 2.11. The highest BCUT2D eigenvalue weighted by atomic mass is 16.5. The highest BCUT2D eigenvalue weighted by Gasteiger charge is 2.04. The molecular weight excluding hydrogens is 278 g/mol. The van der Waals surface area contributed by atoms with E-state index in [1.807, 2.05) is 44.9 Å². The van der Waals surface area contributed by atoms with Gasteiger partial charge in [-0.25, -0.2) is 4.99 Å². The van der Waals surface area contributed by atoms with Gasteiger partial charge in [0.2, 0.25) is 0 Å². The number of benzene rings is 1. The van der Waals surface area contributed by atoms with Crippen LogP contribution in [0.15, 0.2) is 29.3 Å². The van der Waals surface area contributed by atoms with Gasteiger partial charge in [-0.3, -0.25) is 0 Å². The number of hydrogen-bond donors (Lipinski definition) is 0. The molecular formula is C17H29N3O2. The van der Waals surface area contributed by atoms with Gasteiger partial charge in [-0.05, 0) is 18.1 Å². The van der Waals surface area contributed by atoms with Crippen LogP contribution in [-0.4, -0.2) is 63.8 Å². The maximum absolute atomic E-state index is 5.60. The van der Waals surface area contributed by atoms with Crippen molar-refractivity contribution in [2.45, 2.75) is 20.1 Å². The van der Waals surface area contributed by atoms with Crippen LogP contribution in [0.2, 0.25) is 0 Å². The second kappa shape index (κ2) is 10.2. The van der Waals surface area contributed by atoms with Crippen molar-refractivity contribution < 1.29 is 9.47 Å². The molecule has 0 N–H and O–H groups in total. The minimum atomic E-state index is 0.610. The number of nitrogens with zero attached hydrogens (tertiary/aromatic N) is 3. The van der Waals surface area contributed by atoms with Crippen LogP contribution in [0.25, 0.3) is 0 Å². The smallest absolute Gasteiger partial charge is 0.195 e. The van der Waals surface area contributed by atoms with Gasteiger partial charge in [0.1, 0.15) is 0 Å². The zero-order chi connectivity index (χ0) is 16.4. The van der Waals surface area contributed by atoms with Crippen LogP contribution in [0.1, 0.15) is 18.1 Å². The molecule has 0 aliphatic heterocycles. The second-order valence-corrected chi connectivity index (χ2v) is 5.47. The molecule has 22 heavy (non-hydrogen) atoms. The summed E-state index contributed by atoms with van der Waals surface area (Å²) in [5.41, 5.74) is 2.35. The summed E-state index contributed by atoms with van der Waals surface area (Å²) in [7, 11) is 8.01. The van der Waals surface area contributed by atoms with Gasteiger partial charge in [-0.2, -0.15) is 0 Å². The molecule has 0 aromatic heterocycles. The van der Waals surface area contributed by atoms with Crippen molar-refractivity contribution in [2.75, 3.05) is 48.0 Å². The predicted molar refractivity (Wildman–Crippen MR) is 91.1 cm³/mol. The Bertz CT molecular complexity index is 449. The fraction of sp³-hybridized carbons (Fsp3) is 0.588. The van der Waals surface area contributed by atoms with Crippen LogP contribution in [0.4, 0.5) is 0 Å². The first-order valence-corrected chi connectivity index (χ1v) is 7.67. The molecule has 5 heteroatoms. The molecule has 0 radical (unpaired) electrons. The maximum atomic E-state index is 5.60. The minimum absolute atomic E-state index is 0.610. The molecule has 0 saturated carbocycles. The molecule has 1 aromatic carbocycles. The van der Waals surface area contributed by atoms with E-state index in [2.05, 4.69) is 29.3 Å². The van der Waals surface area contributed by atoms with Crippen molar-refractivity contribution in [3.8, 4) is 0 Å². The maximum Gasteiger partial charge on any atom is 0.195 e. The Kier molecular flexibility index (Phi) is 8.55. The average Bonchev–Trinajstić information content (AvgIpc) is 2.47. The largest absolute Gasteiger partial charge is 0.379 e. The third kappa shape index (κ3) is 6.91. The Morgan fingerprint density at radius 3 is 2.27 bits per heavy atom. The number of guanidine groups is 1. The van der Waals surface area contributed by atoms with E-state index in [0.717, 1.165) is 12.6 Å². The van der Waals surface area contributed by atoms with Crippen LogP contribution in [0.3, 0.4) is 0 Å². The summed E-state index contributed by atoms with van der Waals surface area (Å²) in [6.45, 7) is 5.27. The predicted octanol–water partition coefficient (Wildman–Crippen LogP) is 2.22. The van der Waals surface area contributed by atoms with Gasteiger partial charge in [0, 0.05) is 34.8 Å². The summed E-state index contributed by atoms with van der Waals surface area (Å²) >= 11 is 0. The monoisotopic (exact) mass is 307 g/mol. The molecule has 0 aliphatic carbocycles. The number of rotatable bonds is 8. The van der Waals surface area contributed by atoms with E-state index in [-0.39, 0.29) is 0 Å². The summed E-state index contributed by atoms with van der Waals surface area (Å²) in [6, 6.07) is 8.37. The van der Waals surface area contributed by atoms with Gasteiger partial charge in [0.05, 0.1) is 26.4 Å². The lowest BCUT2D eigenvalue weighted by atomic mass is 10.1. The number of aliphatic imine (C=N–C) groups is 1. The van der Waals surface area contributed by atoms with E-state index in [1.165, 1.54) is 11.1 Å². The average molecular weight is 307 g/mol. The lowest BCUT2D eigenvalue weighted by Crippen LogP contribution is -2.35. The molecule has 1 rings (SSSR count). The summed E-state index contributed by atoms with van der Waals surface area (Å²) in [6.07, 6.45) is 0. The first-order chi connectivity index (χ1) is 10.5. The van der Waals surface area contributed by atoms with E-state index >= 15 is 0 Å². The lowest BCUT2D eigenvalue weighted by Gasteiger charge is -2.22. The molecule has 5 nitrogen and oxygen atoms in total. The Labute approximate surface area is 134 Å². The first-order valence-electron chi connectivity index (χ1n) is 7.67. The Hall–Kier alpha value is -1.59. The van der Waals surface area contributed by atoms with E-state index in [9.17, 15) is 0 Å². The summed E-state index contributed by atoms with van der Waals surface area (Å²) in [4.78, 5) is 8.69. The standard InChI is InChI=1S/C17H29N3O2/c1-6-21-10-11-22-14-16-9-7-8-15(12-16)13-18-17(19(2)3)20(4)5/h7-9,12H,6,10-11,13-14H2,1-5H3. The summed E-state index contributed by atoms with van der Waals surface area (Å²) in [5, 5.41) is 0. The van der Waals surface area contributed by atoms with Crippen LogP contribution >= 0.6 is 0 Å². The van der Waals surface area contributed by atoms with Gasteiger partial charge in [0.25, 0.3) is 0 Å². The van der Waals surface area contributed by atoms with E-state index in [4.69, 9.17) is 9.47 Å². The van der Waals surface area contributed by atoms with Gasteiger partial charge in [-0.15, -0.1) is 0 Å². The van der Waals surface area contributed by atoms with Crippen molar-refractivity contribution in [2.24, 2.45) is 4.99 Å². The fourth-order valence-corrected chi connectivity index (χ4v) is 2.11. The Balaban J connectivity index is 2.55. The van der Waals surface area contributed by atoms with Crippen LogP contribution < -0.4 is 0 Å². The van der Waals surface area contributed by atoms with Gasteiger partial charge in [0.15, 0.2) is 5.96 Å². The molecule has 124 valence electrons. The minimum Gasteiger partial charge on any atom is -0.379 e. The number of hydrogen-bond acceptors (Lipinski definition) is 3. The molecule has 0 bridgehead atoms. The zero-order valence-corrected chi connectivity index (χ0v) is 14.5. The summed E-state index contributed by atoms with van der Waals surface area (Å²) < 4.78 is 10.9. The Morgan fingerprint density at radius 1 is 1.00 bits per heavy atom. The van der Waals surface area contributed by atoms with Crippen LogP contribution in [-0.2, 0) is 22.6 Å². The highest BCUT2D eigenvalue weighted by Crippen LogP contribution is 2.08. The van der Waals surface area contributed by atoms with Crippen molar-refractivity contribution >= 4 is 5.96 Å². The molecule has 0 unspecified atom stereocenters. The molecule has 0 aliphatic rings. The topological polar surface area (TPSA) is 37.3 Å². The summed E-state index contributed by atoms with van der Waals surface area (Å²) in [5.74, 6) is 0.957. The highest BCUT2D eigenvalue weighted by molar-refractivity contribution is 5.79. The van der Waals surface area contributed by atoms with Crippen LogP contribution in [0, 0.1) is 0 Å². The Morgan fingerprint density at radius 2 is 1.64 bits per heavy atom. The quantitative estimate of drug-likeness (QED) is 0.419. The van der Waals surface area contributed by atoms with Crippen molar-refractivity contribution in [1.29, 1.82) is 0 Å². The van der Waals surface area contributed by atoms with Gasteiger partial charge >= 0.3 is 0 Å².